The third-order valence-corrected chi connectivity index (χ3v) is 2.36. The second-order valence-corrected chi connectivity index (χ2v) is 3.61. The van der Waals surface area contributed by atoms with Crippen LogP contribution < -0.4 is 5.73 Å². The summed E-state index contributed by atoms with van der Waals surface area (Å²) < 4.78 is 38.8. The summed E-state index contributed by atoms with van der Waals surface area (Å²) in [6.45, 7) is 0.0347. The molecule has 0 heterocycles. The molecule has 0 aliphatic rings. The molecule has 0 saturated carbocycles. The standard InChI is InChI=1S/C11H14F3NO/c12-8-6-10(14)9(13)5-7(8)11(15)3-1-2-4-16/h5-6,11,16H,1-4,15H2/t11-/m0/s1. The average Bonchev–Trinajstić information content (AvgIpc) is 2.23. The van der Waals surface area contributed by atoms with Gasteiger partial charge < -0.3 is 10.8 Å². The second kappa shape index (κ2) is 5.86. The van der Waals surface area contributed by atoms with Gasteiger partial charge in [-0.05, 0) is 25.3 Å². The maximum atomic E-state index is 13.3. The van der Waals surface area contributed by atoms with E-state index in [1.54, 1.807) is 0 Å². The lowest BCUT2D eigenvalue weighted by Gasteiger charge is -2.12. The highest BCUT2D eigenvalue weighted by molar-refractivity contribution is 5.23. The molecule has 0 fully saturated rings. The predicted molar refractivity (Wildman–Crippen MR) is 54.2 cm³/mol. The minimum absolute atomic E-state index is 0.0307. The number of benzene rings is 1. The van der Waals surface area contributed by atoms with Crippen LogP contribution in [0.1, 0.15) is 30.9 Å². The van der Waals surface area contributed by atoms with E-state index in [1.807, 2.05) is 0 Å². The van der Waals surface area contributed by atoms with Crippen LogP contribution in [0.4, 0.5) is 13.2 Å². The van der Waals surface area contributed by atoms with Crippen LogP contribution in [0, 0.1) is 17.5 Å². The maximum absolute atomic E-state index is 13.3. The second-order valence-electron chi connectivity index (χ2n) is 3.61. The van der Waals surface area contributed by atoms with Crippen LogP contribution in [0.25, 0.3) is 0 Å². The number of nitrogens with two attached hydrogens (primary N) is 1. The molecule has 1 rings (SSSR count). The van der Waals surface area contributed by atoms with Gasteiger partial charge in [0.05, 0.1) is 0 Å². The smallest absolute Gasteiger partial charge is 0.161 e. The largest absolute Gasteiger partial charge is 0.396 e. The first-order valence-corrected chi connectivity index (χ1v) is 5.07. The van der Waals surface area contributed by atoms with Gasteiger partial charge in [-0.15, -0.1) is 0 Å². The van der Waals surface area contributed by atoms with E-state index < -0.39 is 23.5 Å². The Morgan fingerprint density at radius 1 is 1.06 bits per heavy atom. The minimum atomic E-state index is -1.22. The summed E-state index contributed by atoms with van der Waals surface area (Å²) >= 11 is 0. The van der Waals surface area contributed by atoms with Gasteiger partial charge in [0.15, 0.2) is 11.6 Å². The van der Waals surface area contributed by atoms with Gasteiger partial charge in [-0.2, -0.15) is 0 Å². The van der Waals surface area contributed by atoms with Crippen LogP contribution in [0.5, 0.6) is 0 Å². The predicted octanol–water partition coefficient (Wildman–Crippen LogP) is 2.27. The highest BCUT2D eigenvalue weighted by Gasteiger charge is 2.15. The molecular formula is C11H14F3NO. The summed E-state index contributed by atoms with van der Waals surface area (Å²) in [5.41, 5.74) is 5.61. The third kappa shape index (κ3) is 3.21. The molecule has 0 radical (unpaired) electrons. The lowest BCUT2D eigenvalue weighted by atomic mass is 10.0. The van der Waals surface area contributed by atoms with Crippen LogP contribution in [-0.2, 0) is 0 Å². The summed E-state index contributed by atoms with van der Waals surface area (Å²) in [4.78, 5) is 0. The number of aliphatic hydroxyl groups excluding tert-OH is 1. The molecule has 1 aromatic rings. The monoisotopic (exact) mass is 233 g/mol. The molecule has 1 atom stereocenters. The molecule has 3 N–H and O–H groups in total. The van der Waals surface area contributed by atoms with Gasteiger partial charge in [0.1, 0.15) is 5.82 Å². The van der Waals surface area contributed by atoms with E-state index in [9.17, 15) is 13.2 Å². The quantitative estimate of drug-likeness (QED) is 0.605. The molecule has 16 heavy (non-hydrogen) atoms. The van der Waals surface area contributed by atoms with Crippen molar-refractivity contribution >= 4 is 0 Å². The summed E-state index contributed by atoms with van der Waals surface area (Å²) in [7, 11) is 0. The fourth-order valence-corrected chi connectivity index (χ4v) is 1.45. The Labute approximate surface area is 91.9 Å². The number of unbranched alkanes of at least 4 members (excludes halogenated alkanes) is 1. The van der Waals surface area contributed by atoms with Gasteiger partial charge in [-0.1, -0.05) is 0 Å². The Kier molecular flexibility index (Phi) is 4.76. The molecule has 0 unspecified atom stereocenters. The van der Waals surface area contributed by atoms with E-state index in [4.69, 9.17) is 10.8 Å². The van der Waals surface area contributed by atoms with Gasteiger partial charge in [-0.3, -0.25) is 0 Å². The van der Waals surface area contributed by atoms with Gasteiger partial charge in [-0.25, -0.2) is 13.2 Å². The number of hydrogen-bond donors (Lipinski definition) is 2. The van der Waals surface area contributed by atoms with Gasteiger partial charge in [0.2, 0.25) is 0 Å². The zero-order chi connectivity index (χ0) is 12.1. The van der Waals surface area contributed by atoms with Crippen LogP contribution in [-0.4, -0.2) is 11.7 Å². The fourth-order valence-electron chi connectivity index (χ4n) is 1.45. The first kappa shape index (κ1) is 13.0. The lowest BCUT2D eigenvalue weighted by Crippen LogP contribution is -2.13. The van der Waals surface area contributed by atoms with E-state index in [0.717, 1.165) is 6.07 Å². The van der Waals surface area contributed by atoms with Crippen molar-refractivity contribution in [1.29, 1.82) is 0 Å². The maximum Gasteiger partial charge on any atom is 0.161 e. The molecule has 5 heteroatoms. The molecule has 0 aliphatic carbocycles. The van der Waals surface area contributed by atoms with Crippen LogP contribution in [0.15, 0.2) is 12.1 Å². The summed E-state index contributed by atoms with van der Waals surface area (Å²) in [5, 5.41) is 8.56. The van der Waals surface area contributed by atoms with E-state index in [0.29, 0.717) is 25.3 Å². The summed E-state index contributed by atoms with van der Waals surface area (Å²) in [5.74, 6) is -3.16. The van der Waals surface area contributed by atoms with Gasteiger partial charge in [0.25, 0.3) is 0 Å². The fraction of sp³-hybridized carbons (Fsp3) is 0.455. The van der Waals surface area contributed by atoms with Crippen LogP contribution >= 0.6 is 0 Å². The SMILES string of the molecule is N[C@@H](CCCCO)c1cc(F)c(F)cc1F. The van der Waals surface area contributed by atoms with Crippen molar-refractivity contribution in [3.05, 3.63) is 35.1 Å². The third-order valence-electron chi connectivity index (χ3n) is 2.36. The molecule has 1 aromatic carbocycles. The van der Waals surface area contributed by atoms with Crippen LogP contribution in [0.2, 0.25) is 0 Å². The van der Waals surface area contributed by atoms with Gasteiger partial charge in [0, 0.05) is 24.3 Å². The van der Waals surface area contributed by atoms with E-state index in [-0.39, 0.29) is 12.2 Å². The molecule has 0 aliphatic heterocycles. The molecule has 0 amide bonds. The van der Waals surface area contributed by atoms with Crippen LogP contribution in [0.3, 0.4) is 0 Å². The Bertz CT molecular complexity index is 357. The summed E-state index contributed by atoms with van der Waals surface area (Å²) in [6.07, 6.45) is 1.58. The van der Waals surface area contributed by atoms with E-state index in [2.05, 4.69) is 0 Å². The zero-order valence-corrected chi connectivity index (χ0v) is 8.72. The average molecular weight is 233 g/mol. The molecule has 2 nitrogen and oxygen atoms in total. The Hall–Kier alpha value is -1.07. The number of halogens is 3. The lowest BCUT2D eigenvalue weighted by molar-refractivity contribution is 0.281. The molecule has 90 valence electrons. The Morgan fingerprint density at radius 3 is 2.31 bits per heavy atom. The highest BCUT2D eigenvalue weighted by Crippen LogP contribution is 2.22. The van der Waals surface area contributed by atoms with E-state index in [1.165, 1.54) is 0 Å². The Morgan fingerprint density at radius 2 is 1.69 bits per heavy atom. The molecule has 0 saturated heterocycles. The topological polar surface area (TPSA) is 46.2 Å². The number of hydrogen-bond acceptors (Lipinski definition) is 2. The molecular weight excluding hydrogens is 219 g/mol. The zero-order valence-electron chi connectivity index (χ0n) is 8.72. The minimum Gasteiger partial charge on any atom is -0.396 e. The van der Waals surface area contributed by atoms with Gasteiger partial charge >= 0.3 is 0 Å². The number of aliphatic hydroxyl groups is 1. The van der Waals surface area contributed by atoms with Crippen molar-refractivity contribution in [3.8, 4) is 0 Å². The van der Waals surface area contributed by atoms with Crippen molar-refractivity contribution in [1.82, 2.24) is 0 Å². The van der Waals surface area contributed by atoms with Crippen molar-refractivity contribution < 1.29 is 18.3 Å². The summed E-state index contributed by atoms with van der Waals surface area (Å²) in [6, 6.07) is 0.604. The normalized spacial score (nSPS) is 12.8. The van der Waals surface area contributed by atoms with Crippen molar-refractivity contribution in [2.45, 2.75) is 25.3 Å². The van der Waals surface area contributed by atoms with Crippen molar-refractivity contribution in [2.75, 3.05) is 6.61 Å². The number of rotatable bonds is 5. The Balaban J connectivity index is 2.75. The first-order valence-electron chi connectivity index (χ1n) is 5.07. The van der Waals surface area contributed by atoms with Crippen molar-refractivity contribution in [2.24, 2.45) is 5.73 Å². The van der Waals surface area contributed by atoms with Crippen molar-refractivity contribution in [3.63, 3.8) is 0 Å². The molecule has 0 spiro atoms. The molecule has 0 aromatic heterocycles. The van der Waals surface area contributed by atoms with E-state index >= 15 is 0 Å². The molecule has 0 bridgehead atoms. The highest BCUT2D eigenvalue weighted by atomic mass is 19.2. The first-order chi connectivity index (χ1) is 7.56.